The van der Waals surface area contributed by atoms with Crippen LogP contribution < -0.4 is 0 Å². The van der Waals surface area contributed by atoms with Gasteiger partial charge in [0.25, 0.3) is 0 Å². The molecular weight excluding hydrogens is 202 g/mol. The Bertz CT molecular complexity index is 444. The zero-order chi connectivity index (χ0) is 12.1. The molecule has 0 unspecified atom stereocenters. The molecule has 1 N–H and O–H groups in total. The van der Waals surface area contributed by atoms with E-state index in [9.17, 15) is 4.79 Å². The van der Waals surface area contributed by atoms with Crippen LogP contribution >= 0.6 is 0 Å². The minimum Gasteiger partial charge on any atom is -0.481 e. The summed E-state index contributed by atoms with van der Waals surface area (Å²) < 4.78 is 0. The van der Waals surface area contributed by atoms with Gasteiger partial charge in [0, 0.05) is 0 Å². The van der Waals surface area contributed by atoms with Crippen molar-refractivity contribution in [3.63, 3.8) is 0 Å². The molecule has 0 saturated carbocycles. The molecule has 0 saturated heterocycles. The average Bonchev–Trinajstić information content (AvgIpc) is 2.27. The summed E-state index contributed by atoms with van der Waals surface area (Å²) >= 11 is 0. The van der Waals surface area contributed by atoms with Crippen LogP contribution in [0.3, 0.4) is 0 Å². The first kappa shape index (κ1) is 12.3. The van der Waals surface area contributed by atoms with Crippen molar-refractivity contribution in [2.45, 2.75) is 33.1 Å². The number of nitrogens with zero attached hydrogens (tertiary/aromatic N) is 1. The molecule has 0 atom stereocenters. The zero-order valence-corrected chi connectivity index (χ0v) is 9.58. The smallest absolute Gasteiger partial charge is 0.307 e. The van der Waals surface area contributed by atoms with Gasteiger partial charge in [-0.3, -0.25) is 4.79 Å². The van der Waals surface area contributed by atoms with E-state index in [2.05, 4.69) is 6.07 Å². The highest BCUT2D eigenvalue weighted by molar-refractivity contribution is 5.71. The first-order valence-corrected chi connectivity index (χ1v) is 5.38. The number of rotatable bonds is 4. The van der Waals surface area contributed by atoms with Crippen LogP contribution in [0.4, 0.5) is 0 Å². The van der Waals surface area contributed by atoms with E-state index in [4.69, 9.17) is 10.4 Å². The van der Waals surface area contributed by atoms with Gasteiger partial charge >= 0.3 is 5.97 Å². The van der Waals surface area contributed by atoms with E-state index in [1.54, 1.807) is 6.07 Å². The quantitative estimate of drug-likeness (QED) is 0.841. The minimum atomic E-state index is -0.858. The first-order chi connectivity index (χ1) is 7.62. The molecule has 1 aromatic carbocycles. The molecule has 1 rings (SSSR count). The largest absolute Gasteiger partial charge is 0.481 e. The third-order valence-corrected chi connectivity index (χ3v) is 2.65. The summed E-state index contributed by atoms with van der Waals surface area (Å²) in [6.45, 7) is 3.98. The van der Waals surface area contributed by atoms with Gasteiger partial charge in [0.2, 0.25) is 0 Å². The molecule has 0 radical (unpaired) electrons. The van der Waals surface area contributed by atoms with E-state index in [1.165, 1.54) is 0 Å². The van der Waals surface area contributed by atoms with Gasteiger partial charge in [-0.1, -0.05) is 19.9 Å². The molecule has 0 aromatic heterocycles. The lowest BCUT2D eigenvalue weighted by molar-refractivity contribution is -0.136. The van der Waals surface area contributed by atoms with E-state index in [-0.39, 0.29) is 6.42 Å². The molecule has 0 fully saturated rings. The third-order valence-electron chi connectivity index (χ3n) is 2.65. The van der Waals surface area contributed by atoms with Crippen LogP contribution in [0, 0.1) is 11.3 Å². The monoisotopic (exact) mass is 217 g/mol. The Morgan fingerprint density at radius 3 is 2.31 bits per heavy atom. The minimum absolute atomic E-state index is 0.0121. The topological polar surface area (TPSA) is 61.1 Å². The van der Waals surface area contributed by atoms with E-state index < -0.39 is 5.97 Å². The SMILES string of the molecule is CCc1cc(CC)c(CC(=O)O)cc1C#N. The van der Waals surface area contributed by atoms with Crippen molar-refractivity contribution in [1.29, 1.82) is 5.26 Å². The maximum absolute atomic E-state index is 10.7. The van der Waals surface area contributed by atoms with E-state index in [1.807, 2.05) is 19.9 Å². The normalized spacial score (nSPS) is 9.81. The molecule has 3 nitrogen and oxygen atoms in total. The predicted octanol–water partition coefficient (Wildman–Crippen LogP) is 2.31. The Morgan fingerprint density at radius 2 is 1.88 bits per heavy atom. The molecule has 1 aromatic rings. The average molecular weight is 217 g/mol. The van der Waals surface area contributed by atoms with Gasteiger partial charge in [-0.15, -0.1) is 0 Å². The number of carboxylic acids is 1. The van der Waals surface area contributed by atoms with Gasteiger partial charge < -0.3 is 5.11 Å². The lowest BCUT2D eigenvalue weighted by Gasteiger charge is -2.10. The van der Waals surface area contributed by atoms with Gasteiger partial charge in [0.05, 0.1) is 18.1 Å². The fourth-order valence-corrected chi connectivity index (χ4v) is 1.79. The molecule has 0 aliphatic rings. The van der Waals surface area contributed by atoms with Crippen molar-refractivity contribution in [2.75, 3.05) is 0 Å². The molecule has 0 spiro atoms. The lowest BCUT2D eigenvalue weighted by Crippen LogP contribution is -2.05. The van der Waals surface area contributed by atoms with Gasteiger partial charge in [0.1, 0.15) is 0 Å². The van der Waals surface area contributed by atoms with Crippen molar-refractivity contribution in [1.82, 2.24) is 0 Å². The second-order valence-corrected chi connectivity index (χ2v) is 3.67. The molecule has 0 amide bonds. The van der Waals surface area contributed by atoms with Crippen molar-refractivity contribution in [3.05, 3.63) is 34.4 Å². The van der Waals surface area contributed by atoms with E-state index in [0.29, 0.717) is 5.56 Å². The number of benzene rings is 1. The molecular formula is C13H15NO2. The van der Waals surface area contributed by atoms with Crippen LogP contribution in [0.15, 0.2) is 12.1 Å². The highest BCUT2D eigenvalue weighted by Gasteiger charge is 2.10. The Labute approximate surface area is 95.3 Å². The molecule has 0 aliphatic carbocycles. The van der Waals surface area contributed by atoms with Crippen LogP contribution in [0.5, 0.6) is 0 Å². The second-order valence-electron chi connectivity index (χ2n) is 3.67. The summed E-state index contributed by atoms with van der Waals surface area (Å²) in [6, 6.07) is 5.79. The summed E-state index contributed by atoms with van der Waals surface area (Å²) in [5.41, 5.74) is 3.37. The summed E-state index contributed by atoms with van der Waals surface area (Å²) in [6.07, 6.45) is 1.58. The highest BCUT2D eigenvalue weighted by Crippen LogP contribution is 2.18. The first-order valence-electron chi connectivity index (χ1n) is 5.38. The molecule has 0 bridgehead atoms. The number of carboxylic acid groups (broad SMARTS) is 1. The van der Waals surface area contributed by atoms with Crippen molar-refractivity contribution >= 4 is 5.97 Å². The summed E-state index contributed by atoms with van der Waals surface area (Å²) in [7, 11) is 0. The van der Waals surface area contributed by atoms with E-state index >= 15 is 0 Å². The Morgan fingerprint density at radius 1 is 1.25 bits per heavy atom. The highest BCUT2D eigenvalue weighted by atomic mass is 16.4. The number of hydrogen-bond acceptors (Lipinski definition) is 2. The second kappa shape index (κ2) is 5.32. The molecule has 3 heteroatoms. The number of aliphatic carboxylic acids is 1. The fourth-order valence-electron chi connectivity index (χ4n) is 1.79. The molecule has 16 heavy (non-hydrogen) atoms. The summed E-state index contributed by atoms with van der Waals surface area (Å²) in [4.78, 5) is 10.7. The molecule has 0 heterocycles. The van der Waals surface area contributed by atoms with Crippen molar-refractivity contribution in [2.24, 2.45) is 0 Å². The molecule has 0 aliphatic heterocycles. The van der Waals surface area contributed by atoms with Gasteiger partial charge in [-0.2, -0.15) is 5.26 Å². The summed E-state index contributed by atoms with van der Waals surface area (Å²) in [5, 5.41) is 17.8. The fraction of sp³-hybridized carbons (Fsp3) is 0.385. The lowest BCUT2D eigenvalue weighted by atomic mass is 9.94. The van der Waals surface area contributed by atoms with Crippen molar-refractivity contribution in [3.8, 4) is 6.07 Å². The van der Waals surface area contributed by atoms with Gasteiger partial charge in [0.15, 0.2) is 0 Å². The van der Waals surface area contributed by atoms with Crippen molar-refractivity contribution < 1.29 is 9.90 Å². The summed E-state index contributed by atoms with van der Waals surface area (Å²) in [5.74, 6) is -0.858. The maximum Gasteiger partial charge on any atom is 0.307 e. The number of hydrogen-bond donors (Lipinski definition) is 1. The van der Waals surface area contributed by atoms with Crippen LogP contribution in [0.25, 0.3) is 0 Å². The van der Waals surface area contributed by atoms with E-state index in [0.717, 1.165) is 29.5 Å². The van der Waals surface area contributed by atoms with Crippen LogP contribution in [-0.2, 0) is 24.1 Å². The predicted molar refractivity (Wildman–Crippen MR) is 61.3 cm³/mol. The van der Waals surface area contributed by atoms with Crippen LogP contribution in [0.1, 0.15) is 36.1 Å². The Hall–Kier alpha value is -1.82. The maximum atomic E-state index is 10.7. The number of nitriles is 1. The van der Waals surface area contributed by atoms with Gasteiger partial charge in [-0.05, 0) is 35.6 Å². The standard InChI is InChI=1S/C13H15NO2/c1-3-9-5-10(4-2)12(8-14)6-11(9)7-13(15)16/h5-6H,3-4,7H2,1-2H3,(H,15,16). The zero-order valence-electron chi connectivity index (χ0n) is 9.58. The molecule has 84 valence electrons. The number of carbonyl (C=O) groups is 1. The number of aryl methyl sites for hydroxylation is 2. The third kappa shape index (κ3) is 2.60. The Balaban J connectivity index is 3.27. The van der Waals surface area contributed by atoms with Gasteiger partial charge in [-0.25, -0.2) is 0 Å². The van der Waals surface area contributed by atoms with Crippen LogP contribution in [-0.4, -0.2) is 11.1 Å². The Kier molecular flexibility index (Phi) is 4.07. The van der Waals surface area contributed by atoms with Crippen LogP contribution in [0.2, 0.25) is 0 Å².